The predicted molar refractivity (Wildman–Crippen MR) is 76.8 cm³/mol. The van der Waals surface area contributed by atoms with Crippen molar-refractivity contribution >= 4 is 27.7 Å². The van der Waals surface area contributed by atoms with Crippen LogP contribution in [0.25, 0.3) is 0 Å². The van der Waals surface area contributed by atoms with Gasteiger partial charge in [0.2, 0.25) is 0 Å². The molecule has 0 radical (unpaired) electrons. The number of rotatable bonds is 6. The van der Waals surface area contributed by atoms with Crippen molar-refractivity contribution in [2.45, 2.75) is 37.9 Å². The molecule has 0 aliphatic heterocycles. The Bertz CT molecular complexity index is 380. The van der Waals surface area contributed by atoms with Crippen LogP contribution in [0.1, 0.15) is 32.3 Å². The fraction of sp³-hybridized carbons (Fsp3) is 0.615. The third kappa shape index (κ3) is 4.67. The molecule has 19 heavy (non-hydrogen) atoms. The summed E-state index contributed by atoms with van der Waals surface area (Å²) in [6.45, 7) is 4.26. The van der Waals surface area contributed by atoms with Gasteiger partial charge in [0, 0.05) is 17.3 Å². The first-order chi connectivity index (χ1) is 8.87. The highest BCUT2D eigenvalue weighted by Crippen LogP contribution is 2.35. The van der Waals surface area contributed by atoms with E-state index in [1.165, 1.54) is 17.8 Å². The highest BCUT2D eigenvalue weighted by atomic mass is 79.9. The summed E-state index contributed by atoms with van der Waals surface area (Å²) in [5.41, 5.74) is -0.524. The molecule has 0 N–H and O–H groups in total. The average molecular weight is 356 g/mol. The van der Waals surface area contributed by atoms with Gasteiger partial charge in [-0.3, -0.25) is 0 Å². The highest BCUT2D eigenvalue weighted by molar-refractivity contribution is 9.09. The maximum atomic E-state index is 12.4. The second-order valence-electron chi connectivity index (χ2n) is 4.51. The Hall–Kier alpha value is -0.230. The lowest BCUT2D eigenvalue weighted by atomic mass is 9.87. The molecule has 108 valence electrons. The van der Waals surface area contributed by atoms with Crippen molar-refractivity contribution in [3.63, 3.8) is 0 Å². The van der Waals surface area contributed by atoms with E-state index < -0.39 is 11.7 Å². The largest absolute Gasteiger partial charge is 0.417 e. The van der Waals surface area contributed by atoms with Crippen LogP contribution in [0.2, 0.25) is 0 Å². The van der Waals surface area contributed by atoms with Crippen LogP contribution in [0, 0.1) is 5.41 Å². The Kier molecular flexibility index (Phi) is 6.17. The van der Waals surface area contributed by atoms with E-state index >= 15 is 0 Å². The van der Waals surface area contributed by atoms with Gasteiger partial charge in [-0.25, -0.2) is 4.98 Å². The number of aromatic nitrogens is 1. The summed E-state index contributed by atoms with van der Waals surface area (Å²) in [6.07, 6.45) is -1.36. The third-order valence-electron chi connectivity index (χ3n) is 3.37. The minimum absolute atomic E-state index is 0.176. The minimum Gasteiger partial charge on any atom is -0.249 e. The van der Waals surface area contributed by atoms with Crippen LogP contribution in [0.4, 0.5) is 13.2 Å². The lowest BCUT2D eigenvalue weighted by molar-refractivity contribution is -0.137. The normalized spacial score (nSPS) is 12.7. The van der Waals surface area contributed by atoms with Gasteiger partial charge in [-0.15, -0.1) is 11.8 Å². The van der Waals surface area contributed by atoms with Crippen molar-refractivity contribution in [3.05, 3.63) is 23.9 Å². The van der Waals surface area contributed by atoms with E-state index in [0.29, 0.717) is 5.03 Å². The van der Waals surface area contributed by atoms with Gasteiger partial charge in [0.15, 0.2) is 0 Å². The van der Waals surface area contributed by atoms with Crippen LogP contribution in [-0.4, -0.2) is 16.1 Å². The summed E-state index contributed by atoms with van der Waals surface area (Å²) in [5, 5.41) is 1.53. The van der Waals surface area contributed by atoms with Crippen molar-refractivity contribution in [3.8, 4) is 0 Å². The van der Waals surface area contributed by atoms with Crippen molar-refractivity contribution in [2.75, 3.05) is 11.1 Å². The Labute approximate surface area is 124 Å². The zero-order chi connectivity index (χ0) is 14.5. The summed E-state index contributed by atoms with van der Waals surface area (Å²) in [5.74, 6) is 0.851. The summed E-state index contributed by atoms with van der Waals surface area (Å²) in [6, 6.07) is 2.53. The van der Waals surface area contributed by atoms with Gasteiger partial charge in [0.05, 0.1) is 10.6 Å². The lowest BCUT2D eigenvalue weighted by Crippen LogP contribution is -2.23. The number of hydrogen-bond donors (Lipinski definition) is 0. The van der Waals surface area contributed by atoms with E-state index in [9.17, 15) is 13.2 Å². The van der Waals surface area contributed by atoms with Crippen molar-refractivity contribution < 1.29 is 13.2 Å². The minimum atomic E-state index is -4.32. The zero-order valence-corrected chi connectivity index (χ0v) is 13.3. The van der Waals surface area contributed by atoms with Crippen LogP contribution in [0.5, 0.6) is 0 Å². The van der Waals surface area contributed by atoms with E-state index in [1.807, 2.05) is 0 Å². The fourth-order valence-electron chi connectivity index (χ4n) is 1.54. The van der Waals surface area contributed by atoms with Crippen molar-refractivity contribution in [1.29, 1.82) is 0 Å². The second-order valence-corrected chi connectivity index (χ2v) is 6.07. The molecule has 1 aromatic rings. The Morgan fingerprint density at radius 2 is 1.84 bits per heavy atom. The summed E-state index contributed by atoms with van der Waals surface area (Å²) in [4.78, 5) is 3.88. The number of hydrogen-bond acceptors (Lipinski definition) is 2. The van der Waals surface area contributed by atoms with Gasteiger partial charge < -0.3 is 0 Å². The molecule has 0 atom stereocenters. The topological polar surface area (TPSA) is 12.9 Å². The van der Waals surface area contributed by atoms with Crippen LogP contribution in [0.3, 0.4) is 0 Å². The van der Waals surface area contributed by atoms with E-state index in [2.05, 4.69) is 34.8 Å². The molecule has 1 nitrogen and oxygen atoms in total. The zero-order valence-electron chi connectivity index (χ0n) is 10.9. The molecule has 0 aromatic carbocycles. The molecule has 0 spiro atoms. The molecule has 0 unspecified atom stereocenters. The van der Waals surface area contributed by atoms with Gasteiger partial charge in [-0.2, -0.15) is 13.2 Å². The SMILES string of the molecule is CCC(CC)(CBr)CSc1ccc(C(F)(F)F)cn1. The molecule has 1 aromatic heterocycles. The number of halogens is 4. The second kappa shape index (κ2) is 6.97. The predicted octanol–water partition coefficient (Wildman–Crippen LogP) is 5.39. The van der Waals surface area contributed by atoms with Crippen molar-refractivity contribution in [2.24, 2.45) is 5.41 Å². The van der Waals surface area contributed by atoms with Gasteiger partial charge in [-0.1, -0.05) is 29.8 Å². The van der Waals surface area contributed by atoms with E-state index in [0.717, 1.165) is 36.2 Å². The molecule has 1 heterocycles. The number of pyridine rings is 1. The number of alkyl halides is 4. The third-order valence-corrected chi connectivity index (χ3v) is 5.86. The maximum Gasteiger partial charge on any atom is 0.417 e. The molecule has 0 bridgehead atoms. The van der Waals surface area contributed by atoms with E-state index in [-0.39, 0.29) is 5.41 Å². The van der Waals surface area contributed by atoms with Crippen LogP contribution < -0.4 is 0 Å². The van der Waals surface area contributed by atoms with Crippen LogP contribution >= 0.6 is 27.7 Å². The highest BCUT2D eigenvalue weighted by Gasteiger charge is 2.31. The summed E-state index contributed by atoms with van der Waals surface area (Å²) < 4.78 is 37.2. The lowest BCUT2D eigenvalue weighted by Gasteiger charge is -2.28. The molecule has 0 aliphatic rings. The Morgan fingerprint density at radius 3 is 2.21 bits per heavy atom. The molecule has 0 saturated carbocycles. The molecule has 0 saturated heterocycles. The monoisotopic (exact) mass is 355 g/mol. The van der Waals surface area contributed by atoms with Crippen molar-refractivity contribution in [1.82, 2.24) is 4.98 Å². The van der Waals surface area contributed by atoms with Gasteiger partial charge in [-0.05, 0) is 30.4 Å². The number of thioether (sulfide) groups is 1. The quantitative estimate of drug-likeness (QED) is 0.500. The fourth-order valence-corrected chi connectivity index (χ4v) is 4.05. The van der Waals surface area contributed by atoms with Gasteiger partial charge in [0.1, 0.15) is 0 Å². The smallest absolute Gasteiger partial charge is 0.249 e. The van der Waals surface area contributed by atoms with E-state index in [1.54, 1.807) is 0 Å². The number of nitrogens with zero attached hydrogens (tertiary/aromatic N) is 1. The van der Waals surface area contributed by atoms with Crippen LogP contribution in [0.15, 0.2) is 23.4 Å². The molecule has 0 amide bonds. The van der Waals surface area contributed by atoms with Gasteiger partial charge in [0.25, 0.3) is 0 Å². The van der Waals surface area contributed by atoms with Crippen LogP contribution in [-0.2, 0) is 6.18 Å². The molecule has 6 heteroatoms. The first-order valence-electron chi connectivity index (χ1n) is 6.09. The molecule has 0 aliphatic carbocycles. The molecular formula is C13H17BrF3NS. The standard InChI is InChI=1S/C13H17BrF3NS/c1-3-12(4-2,8-14)9-19-11-6-5-10(7-18-11)13(15,16)17/h5-7H,3-4,8-9H2,1-2H3. The van der Waals surface area contributed by atoms with E-state index in [4.69, 9.17) is 0 Å². The summed E-state index contributed by atoms with van der Waals surface area (Å²) in [7, 11) is 0. The Morgan fingerprint density at radius 1 is 1.21 bits per heavy atom. The Balaban J connectivity index is 2.69. The first-order valence-corrected chi connectivity index (χ1v) is 8.19. The van der Waals surface area contributed by atoms with Gasteiger partial charge >= 0.3 is 6.18 Å². The summed E-state index contributed by atoms with van der Waals surface area (Å²) >= 11 is 5.03. The molecule has 1 rings (SSSR count). The molecular weight excluding hydrogens is 339 g/mol. The maximum absolute atomic E-state index is 12.4. The molecule has 0 fully saturated rings. The first kappa shape index (κ1) is 16.8. The average Bonchev–Trinajstić information content (AvgIpc) is 2.40.